The Bertz CT molecular complexity index is 1020. The minimum atomic E-state index is -1.55. The molecule has 7 unspecified atom stereocenters. The van der Waals surface area contributed by atoms with E-state index in [-0.39, 0.29) is 12.5 Å². The Labute approximate surface area is 381 Å². The van der Waals surface area contributed by atoms with E-state index in [4.69, 9.17) is 9.47 Å². The van der Waals surface area contributed by atoms with Gasteiger partial charge >= 0.3 is 0 Å². The summed E-state index contributed by atoms with van der Waals surface area (Å²) >= 11 is 0. The van der Waals surface area contributed by atoms with Gasteiger partial charge in [-0.1, -0.05) is 224 Å². The number of hydrogen-bond acceptors (Lipinski definition) is 8. The smallest absolute Gasteiger partial charge is 0.220 e. The molecule has 0 aromatic heterocycles. The summed E-state index contributed by atoms with van der Waals surface area (Å²) < 4.78 is 11.2. The molecule has 0 saturated carbocycles. The van der Waals surface area contributed by atoms with Crippen molar-refractivity contribution in [2.75, 3.05) is 13.2 Å². The van der Waals surface area contributed by atoms with E-state index in [2.05, 4.69) is 43.5 Å². The van der Waals surface area contributed by atoms with Crippen LogP contribution in [0.15, 0.2) is 24.3 Å². The van der Waals surface area contributed by atoms with Crippen molar-refractivity contribution in [1.82, 2.24) is 5.32 Å². The van der Waals surface area contributed by atoms with Crippen LogP contribution in [-0.4, -0.2) is 87.5 Å². The molecule has 0 bridgehead atoms. The van der Waals surface area contributed by atoms with E-state index >= 15 is 0 Å². The molecule has 0 aliphatic carbocycles. The Morgan fingerprint density at radius 2 is 0.952 bits per heavy atom. The van der Waals surface area contributed by atoms with Gasteiger partial charge in [-0.15, -0.1) is 0 Å². The van der Waals surface area contributed by atoms with Gasteiger partial charge in [0.05, 0.1) is 25.4 Å². The number of aliphatic hydroxyl groups is 5. The normalized spacial score (nSPS) is 20.4. The molecule has 1 heterocycles. The van der Waals surface area contributed by atoms with E-state index in [0.717, 1.165) is 44.9 Å². The Morgan fingerprint density at radius 1 is 0.548 bits per heavy atom. The summed E-state index contributed by atoms with van der Waals surface area (Å²) in [5.41, 5.74) is 0. The van der Waals surface area contributed by atoms with Crippen LogP contribution in [0.4, 0.5) is 0 Å². The van der Waals surface area contributed by atoms with Gasteiger partial charge in [-0.05, 0) is 44.9 Å². The lowest BCUT2D eigenvalue weighted by Gasteiger charge is -2.40. The van der Waals surface area contributed by atoms with E-state index in [9.17, 15) is 30.3 Å². The van der Waals surface area contributed by atoms with Gasteiger partial charge in [-0.25, -0.2) is 0 Å². The van der Waals surface area contributed by atoms with Crippen LogP contribution in [0, 0.1) is 0 Å². The number of nitrogens with one attached hydrogen (secondary N) is 1. The van der Waals surface area contributed by atoms with Crippen LogP contribution in [0.3, 0.4) is 0 Å². The average molecular weight is 880 g/mol. The molecule has 1 aliphatic rings. The minimum absolute atomic E-state index is 0.135. The quantitative estimate of drug-likeness (QED) is 0.0262. The summed E-state index contributed by atoms with van der Waals surface area (Å²) in [5, 5.41) is 54.2. The highest BCUT2D eigenvalue weighted by Gasteiger charge is 2.44. The van der Waals surface area contributed by atoms with E-state index in [0.29, 0.717) is 12.8 Å². The maximum Gasteiger partial charge on any atom is 0.220 e. The first-order valence-electron chi connectivity index (χ1n) is 26.5. The highest BCUT2D eigenvalue weighted by molar-refractivity contribution is 5.76. The number of hydrogen-bond donors (Lipinski definition) is 6. The lowest BCUT2D eigenvalue weighted by atomic mass is 9.99. The molecular weight excluding hydrogens is 779 g/mol. The van der Waals surface area contributed by atoms with Gasteiger partial charge in [0.25, 0.3) is 0 Å². The van der Waals surface area contributed by atoms with Crippen molar-refractivity contribution >= 4 is 5.91 Å². The fraction of sp³-hybridized carbons (Fsp3) is 0.906. The molecule has 1 fully saturated rings. The average Bonchev–Trinajstić information content (AvgIpc) is 3.27. The molecule has 1 rings (SSSR count). The zero-order chi connectivity index (χ0) is 45.1. The third-order valence-corrected chi connectivity index (χ3v) is 12.8. The van der Waals surface area contributed by atoms with Crippen molar-refractivity contribution in [1.29, 1.82) is 0 Å². The molecule has 1 amide bonds. The molecule has 6 N–H and O–H groups in total. The van der Waals surface area contributed by atoms with Gasteiger partial charge in [-0.2, -0.15) is 0 Å². The molecule has 0 aromatic carbocycles. The first kappa shape index (κ1) is 58.7. The van der Waals surface area contributed by atoms with Crippen LogP contribution in [-0.2, 0) is 14.3 Å². The maximum atomic E-state index is 13.0. The lowest BCUT2D eigenvalue weighted by molar-refractivity contribution is -0.302. The maximum absolute atomic E-state index is 13.0. The summed E-state index contributed by atoms with van der Waals surface area (Å²) in [7, 11) is 0. The van der Waals surface area contributed by atoms with Crippen molar-refractivity contribution in [3.63, 3.8) is 0 Å². The molecule has 1 saturated heterocycles. The van der Waals surface area contributed by atoms with Crippen molar-refractivity contribution in [2.24, 2.45) is 0 Å². The molecule has 0 spiro atoms. The standard InChI is InChI=1S/C53H101NO8/c1-3-5-7-9-11-13-14-15-16-17-18-19-20-21-22-23-24-25-26-27-28-29-30-31-32-33-34-35-37-39-41-43-49(57)54-46(47(56)42-40-38-36-12-10-8-6-4-2)45-61-53-52(60)51(59)50(58)48(44-55)62-53/h14-15,17-18,46-48,50-53,55-56,58-60H,3-13,16,19-45H2,1-2H3,(H,54,57)/b15-14-,18-17-. The van der Waals surface area contributed by atoms with Crippen LogP contribution < -0.4 is 5.32 Å². The second kappa shape index (κ2) is 43.6. The Balaban J connectivity index is 2.06. The summed E-state index contributed by atoms with van der Waals surface area (Å²) in [4.78, 5) is 13.0. The van der Waals surface area contributed by atoms with Crippen molar-refractivity contribution in [3.8, 4) is 0 Å². The first-order chi connectivity index (χ1) is 30.3. The summed E-state index contributed by atoms with van der Waals surface area (Å²) in [5.74, 6) is -0.144. The van der Waals surface area contributed by atoms with Crippen LogP contribution >= 0.6 is 0 Å². The fourth-order valence-corrected chi connectivity index (χ4v) is 8.55. The van der Waals surface area contributed by atoms with Gasteiger partial charge in [0.2, 0.25) is 5.91 Å². The number of unbranched alkanes of at least 4 members (excludes halogenated alkanes) is 31. The second-order valence-corrected chi connectivity index (χ2v) is 18.7. The van der Waals surface area contributed by atoms with Crippen LogP contribution in [0.25, 0.3) is 0 Å². The van der Waals surface area contributed by atoms with Gasteiger partial charge in [0, 0.05) is 6.42 Å². The molecule has 1 aliphatic heterocycles. The second-order valence-electron chi connectivity index (χ2n) is 18.7. The number of ether oxygens (including phenoxy) is 2. The number of rotatable bonds is 45. The van der Waals surface area contributed by atoms with Gasteiger partial charge in [0.15, 0.2) is 6.29 Å². The monoisotopic (exact) mass is 880 g/mol. The van der Waals surface area contributed by atoms with E-state index in [1.807, 2.05) is 0 Å². The summed E-state index contributed by atoms with van der Waals surface area (Å²) in [6.45, 7) is 3.80. The van der Waals surface area contributed by atoms with E-state index in [1.165, 1.54) is 180 Å². The number of amides is 1. The highest BCUT2D eigenvalue weighted by Crippen LogP contribution is 2.23. The van der Waals surface area contributed by atoms with Crippen LogP contribution in [0.1, 0.15) is 251 Å². The number of allylic oxidation sites excluding steroid dienone is 4. The summed E-state index contributed by atoms with van der Waals surface area (Å²) in [6, 6.07) is -0.713. The predicted molar refractivity (Wildman–Crippen MR) is 258 cm³/mol. The largest absolute Gasteiger partial charge is 0.394 e. The van der Waals surface area contributed by atoms with Gasteiger partial charge < -0.3 is 40.3 Å². The van der Waals surface area contributed by atoms with Crippen molar-refractivity contribution < 1.29 is 39.8 Å². The molecule has 0 aromatic rings. The molecule has 366 valence electrons. The topological polar surface area (TPSA) is 149 Å². The molecule has 9 nitrogen and oxygen atoms in total. The zero-order valence-corrected chi connectivity index (χ0v) is 40.4. The Morgan fingerprint density at radius 3 is 1.39 bits per heavy atom. The van der Waals surface area contributed by atoms with Gasteiger partial charge in [-0.3, -0.25) is 4.79 Å². The SMILES string of the molecule is CCCCCCC/C=C\C/C=C\CCCCCCCCCCCCCCCCCCCCCC(=O)NC(COC1OC(CO)C(O)C(O)C1O)C(O)CCCCCCCCCC. The zero-order valence-electron chi connectivity index (χ0n) is 40.4. The molecule has 0 radical (unpaired) electrons. The predicted octanol–water partition coefficient (Wildman–Crippen LogP) is 12.2. The van der Waals surface area contributed by atoms with Crippen LogP contribution in [0.5, 0.6) is 0 Å². The first-order valence-corrected chi connectivity index (χ1v) is 26.5. The van der Waals surface area contributed by atoms with Crippen molar-refractivity contribution in [3.05, 3.63) is 24.3 Å². The number of aliphatic hydroxyl groups excluding tert-OH is 5. The van der Waals surface area contributed by atoms with Crippen molar-refractivity contribution in [2.45, 2.75) is 294 Å². The summed E-state index contributed by atoms with van der Waals surface area (Å²) in [6.07, 6.45) is 46.6. The highest BCUT2D eigenvalue weighted by atomic mass is 16.7. The Hall–Kier alpha value is -1.33. The third-order valence-electron chi connectivity index (χ3n) is 12.8. The third kappa shape index (κ3) is 33.2. The number of carbonyl (C=O) groups excluding carboxylic acids is 1. The minimum Gasteiger partial charge on any atom is -0.394 e. The van der Waals surface area contributed by atoms with Crippen LogP contribution in [0.2, 0.25) is 0 Å². The van der Waals surface area contributed by atoms with E-state index < -0.39 is 49.5 Å². The molecule has 9 heteroatoms. The molecule has 7 atom stereocenters. The Kier molecular flexibility index (Phi) is 41.2. The van der Waals surface area contributed by atoms with E-state index in [1.54, 1.807) is 0 Å². The molecular formula is C53H101NO8. The number of carbonyl (C=O) groups is 1. The fourth-order valence-electron chi connectivity index (χ4n) is 8.55. The molecule has 62 heavy (non-hydrogen) atoms. The lowest BCUT2D eigenvalue weighted by Crippen LogP contribution is -2.60. The van der Waals surface area contributed by atoms with Gasteiger partial charge in [0.1, 0.15) is 24.4 Å².